The van der Waals surface area contributed by atoms with E-state index in [0.717, 1.165) is 46.4 Å². The molecule has 0 aliphatic heterocycles. The van der Waals surface area contributed by atoms with Gasteiger partial charge in [0, 0.05) is 27.3 Å². The van der Waals surface area contributed by atoms with Crippen LogP contribution in [0.15, 0.2) is 97.1 Å². The number of rotatable bonds is 6. The van der Waals surface area contributed by atoms with Gasteiger partial charge in [-0.15, -0.1) is 0 Å². The predicted molar refractivity (Wildman–Crippen MR) is 143 cm³/mol. The summed E-state index contributed by atoms with van der Waals surface area (Å²) < 4.78 is 0. The molecule has 160 valence electrons. The third-order valence-corrected chi connectivity index (χ3v) is 7.43. The van der Waals surface area contributed by atoms with Crippen molar-refractivity contribution in [2.24, 2.45) is 0 Å². The topological polar surface area (TPSA) is 25.8 Å². The average Bonchev–Trinajstić information content (AvgIpc) is 2.87. The molecule has 0 unspecified atom stereocenters. The van der Waals surface area contributed by atoms with Crippen molar-refractivity contribution < 1.29 is 0 Å². The summed E-state index contributed by atoms with van der Waals surface area (Å²) in [5, 5.41) is 5.12. The second-order valence-electron chi connectivity index (χ2n) is 8.41. The Hall–Kier alpha value is -3.43. The molecular weight excluding hydrogens is 420 g/mol. The van der Waals surface area contributed by atoms with E-state index in [-0.39, 0.29) is 0 Å². The third kappa shape index (κ3) is 3.83. The fraction of sp³-hybridized carbons (Fsp3) is 0.133. The van der Waals surface area contributed by atoms with Crippen LogP contribution in [0.2, 0.25) is 0 Å². The van der Waals surface area contributed by atoms with Crippen molar-refractivity contribution in [1.82, 2.24) is 9.97 Å². The summed E-state index contributed by atoms with van der Waals surface area (Å²) in [6.07, 6.45) is 2.21. The summed E-state index contributed by atoms with van der Waals surface area (Å²) in [6, 6.07) is 34.1. The van der Waals surface area contributed by atoms with E-state index >= 15 is 0 Å². The number of nitrogens with zero attached hydrogens (tertiary/aromatic N) is 2. The molecule has 0 aliphatic rings. The van der Waals surface area contributed by atoms with Gasteiger partial charge in [-0.25, -0.2) is 9.97 Å². The Bertz CT molecular complexity index is 1380. The molecule has 0 atom stereocenters. The summed E-state index contributed by atoms with van der Waals surface area (Å²) in [5.74, 6) is 2.12. The highest BCUT2D eigenvalue weighted by atomic mass is 32.2. The molecule has 0 radical (unpaired) electrons. The fourth-order valence-corrected chi connectivity index (χ4v) is 5.81. The van der Waals surface area contributed by atoms with Crippen LogP contribution < -0.4 is 0 Å². The first kappa shape index (κ1) is 20.2. The summed E-state index contributed by atoms with van der Waals surface area (Å²) in [5.41, 5.74) is 7.18. The summed E-state index contributed by atoms with van der Waals surface area (Å²) in [7, 11) is 0. The van der Waals surface area contributed by atoms with Gasteiger partial charge in [-0.3, -0.25) is 0 Å². The van der Waals surface area contributed by atoms with E-state index in [1.54, 1.807) is 0 Å². The molecule has 3 heteroatoms. The number of fused-ring (bicyclic) bond motifs is 4. The fourth-order valence-electron chi connectivity index (χ4n) is 4.81. The van der Waals surface area contributed by atoms with Crippen LogP contribution in [0.25, 0.3) is 43.6 Å². The molecule has 0 fully saturated rings. The van der Waals surface area contributed by atoms with Gasteiger partial charge in [0.25, 0.3) is 0 Å². The molecule has 4 aromatic carbocycles. The lowest BCUT2D eigenvalue weighted by Crippen LogP contribution is -1.95. The molecule has 0 amide bonds. The highest BCUT2D eigenvalue weighted by Gasteiger charge is 2.10. The predicted octanol–water partition coefficient (Wildman–Crippen LogP) is 7.96. The van der Waals surface area contributed by atoms with Crippen LogP contribution >= 0.6 is 11.8 Å². The standard InChI is InChI=1S/C30H24N2S/c1-5-15-27-22(10-1)21(23-11-2-6-16-28(23)31-27)14-9-19-33-20-26-24-12-3-7-17-29(24)32-30-18-8-4-13-25(26)30/h1-8,10-13,15-18H,9,14,19-20H2. The van der Waals surface area contributed by atoms with E-state index in [1.165, 1.54) is 32.7 Å². The van der Waals surface area contributed by atoms with Crippen LogP contribution in [0.1, 0.15) is 17.5 Å². The number of thioether (sulfide) groups is 1. The Morgan fingerprint density at radius 1 is 0.485 bits per heavy atom. The second-order valence-corrected chi connectivity index (χ2v) is 9.51. The van der Waals surface area contributed by atoms with E-state index in [2.05, 4.69) is 97.1 Å². The minimum atomic E-state index is 1.00. The molecule has 2 aromatic heterocycles. The van der Waals surface area contributed by atoms with E-state index < -0.39 is 0 Å². The molecule has 2 nitrogen and oxygen atoms in total. The van der Waals surface area contributed by atoms with Crippen molar-refractivity contribution in [2.45, 2.75) is 18.6 Å². The Balaban J connectivity index is 1.24. The molecule has 6 aromatic rings. The minimum Gasteiger partial charge on any atom is -0.248 e. The first-order valence-corrected chi connectivity index (χ1v) is 12.6. The molecule has 33 heavy (non-hydrogen) atoms. The Morgan fingerprint density at radius 3 is 1.33 bits per heavy atom. The lowest BCUT2D eigenvalue weighted by molar-refractivity contribution is 0.947. The molecule has 2 heterocycles. The van der Waals surface area contributed by atoms with Crippen LogP contribution in [0, 0.1) is 0 Å². The molecule has 0 saturated carbocycles. The maximum atomic E-state index is 4.87. The number of aryl methyl sites for hydroxylation is 1. The van der Waals surface area contributed by atoms with Crippen LogP contribution in [0.4, 0.5) is 0 Å². The molecule has 6 rings (SSSR count). The third-order valence-electron chi connectivity index (χ3n) is 6.36. The first-order valence-electron chi connectivity index (χ1n) is 11.5. The van der Waals surface area contributed by atoms with Crippen molar-refractivity contribution in [2.75, 3.05) is 5.75 Å². The van der Waals surface area contributed by atoms with Gasteiger partial charge in [-0.2, -0.15) is 11.8 Å². The molecule has 0 aliphatic carbocycles. The second kappa shape index (κ2) is 8.84. The van der Waals surface area contributed by atoms with E-state index in [0.29, 0.717) is 0 Å². The Kier molecular flexibility index (Phi) is 5.41. The quantitative estimate of drug-likeness (QED) is 0.192. The highest BCUT2D eigenvalue weighted by molar-refractivity contribution is 7.98. The zero-order valence-corrected chi connectivity index (χ0v) is 19.2. The van der Waals surface area contributed by atoms with Gasteiger partial charge in [0.05, 0.1) is 22.1 Å². The van der Waals surface area contributed by atoms with Crippen LogP contribution in [-0.4, -0.2) is 15.7 Å². The van der Waals surface area contributed by atoms with Gasteiger partial charge in [0.15, 0.2) is 0 Å². The zero-order valence-electron chi connectivity index (χ0n) is 18.4. The van der Waals surface area contributed by atoms with Crippen LogP contribution in [-0.2, 0) is 12.2 Å². The monoisotopic (exact) mass is 444 g/mol. The van der Waals surface area contributed by atoms with E-state index in [1.807, 2.05) is 11.8 Å². The number of pyridine rings is 2. The zero-order chi connectivity index (χ0) is 22.0. The number of para-hydroxylation sites is 4. The normalized spacial score (nSPS) is 11.6. The van der Waals surface area contributed by atoms with Crippen molar-refractivity contribution in [3.63, 3.8) is 0 Å². The molecular formula is C30H24N2S. The van der Waals surface area contributed by atoms with E-state index in [4.69, 9.17) is 9.97 Å². The number of hydrogen-bond donors (Lipinski definition) is 0. The number of hydrogen-bond acceptors (Lipinski definition) is 3. The minimum absolute atomic E-state index is 1.00. The van der Waals surface area contributed by atoms with E-state index in [9.17, 15) is 0 Å². The van der Waals surface area contributed by atoms with Crippen molar-refractivity contribution in [3.8, 4) is 0 Å². The van der Waals surface area contributed by atoms with Crippen LogP contribution in [0.3, 0.4) is 0 Å². The molecule has 0 saturated heterocycles. The smallest absolute Gasteiger partial charge is 0.0712 e. The maximum absolute atomic E-state index is 4.87. The Morgan fingerprint density at radius 2 is 0.879 bits per heavy atom. The number of benzene rings is 4. The maximum Gasteiger partial charge on any atom is 0.0712 e. The van der Waals surface area contributed by atoms with Gasteiger partial charge in [-0.05, 0) is 54.0 Å². The van der Waals surface area contributed by atoms with Crippen molar-refractivity contribution in [1.29, 1.82) is 0 Å². The summed E-state index contributed by atoms with van der Waals surface area (Å²) >= 11 is 2.02. The van der Waals surface area contributed by atoms with Gasteiger partial charge in [0.2, 0.25) is 0 Å². The Labute approximate surface area is 197 Å². The SMILES string of the molecule is c1ccc2c(CCCSCc3c4ccccc4nc4ccccc34)c3ccccc3nc2c1. The molecule has 0 N–H and O–H groups in total. The average molecular weight is 445 g/mol. The van der Waals surface area contributed by atoms with Gasteiger partial charge < -0.3 is 0 Å². The lowest BCUT2D eigenvalue weighted by atomic mass is 9.99. The van der Waals surface area contributed by atoms with Crippen LogP contribution in [0.5, 0.6) is 0 Å². The van der Waals surface area contributed by atoms with Gasteiger partial charge >= 0.3 is 0 Å². The van der Waals surface area contributed by atoms with Gasteiger partial charge in [-0.1, -0.05) is 72.8 Å². The number of aromatic nitrogens is 2. The molecule has 0 bridgehead atoms. The first-order chi connectivity index (χ1) is 16.4. The van der Waals surface area contributed by atoms with Gasteiger partial charge in [0.1, 0.15) is 0 Å². The van der Waals surface area contributed by atoms with Crippen molar-refractivity contribution in [3.05, 3.63) is 108 Å². The summed E-state index contributed by atoms with van der Waals surface area (Å²) in [4.78, 5) is 9.73. The van der Waals surface area contributed by atoms with Crippen molar-refractivity contribution >= 4 is 55.4 Å². The highest BCUT2D eigenvalue weighted by Crippen LogP contribution is 2.31. The molecule has 0 spiro atoms. The summed E-state index contributed by atoms with van der Waals surface area (Å²) in [6.45, 7) is 0. The lowest BCUT2D eigenvalue weighted by Gasteiger charge is -2.12. The largest absolute Gasteiger partial charge is 0.248 e.